The number of ether oxygens (including phenoxy) is 2. The smallest absolute Gasteiger partial charge is 0.328 e. The van der Waals surface area contributed by atoms with E-state index in [2.05, 4.69) is 0 Å². The molecule has 8 heteroatoms. The van der Waals surface area contributed by atoms with Crippen molar-refractivity contribution < 1.29 is 28.7 Å². The summed E-state index contributed by atoms with van der Waals surface area (Å²) in [5.41, 5.74) is -0.700. The van der Waals surface area contributed by atoms with E-state index in [1.807, 2.05) is 0 Å². The zero-order chi connectivity index (χ0) is 19.8. The average Bonchev–Trinajstić information content (AvgIpc) is 2.49. The topological polar surface area (TPSA) is 90.0 Å². The highest BCUT2D eigenvalue weighted by Crippen LogP contribution is 2.17. The summed E-state index contributed by atoms with van der Waals surface area (Å²) >= 11 is 1.03. The Hall–Kier alpha value is -1.57. The molecule has 0 spiro atoms. The Bertz CT molecular complexity index is 500. The number of esters is 2. The molecule has 0 unspecified atom stereocenters. The maximum Gasteiger partial charge on any atom is 0.328 e. The molecule has 1 amide bonds. The lowest BCUT2D eigenvalue weighted by Gasteiger charge is -2.31. The molecule has 0 aromatic rings. The third kappa shape index (κ3) is 8.90. The Morgan fingerprint density at radius 1 is 1.16 bits per heavy atom. The summed E-state index contributed by atoms with van der Waals surface area (Å²) in [6, 6.07) is -0.880. The Morgan fingerprint density at radius 3 is 2.12 bits per heavy atom. The van der Waals surface area contributed by atoms with E-state index in [1.165, 1.54) is 18.9 Å². The molecule has 0 aromatic carbocycles. The summed E-state index contributed by atoms with van der Waals surface area (Å²) in [7, 11) is 1.23. The molecule has 0 bridgehead atoms. The first kappa shape index (κ1) is 23.4. The van der Waals surface area contributed by atoms with Crippen molar-refractivity contribution in [2.24, 2.45) is 5.92 Å². The second-order valence-corrected chi connectivity index (χ2v) is 7.90. The van der Waals surface area contributed by atoms with E-state index in [1.54, 1.807) is 34.6 Å². The lowest BCUT2D eigenvalue weighted by molar-refractivity contribution is -0.164. The maximum absolute atomic E-state index is 12.8. The number of thioether (sulfide) groups is 1. The molecular formula is C17H29NO6S. The molecule has 0 fully saturated rings. The van der Waals surface area contributed by atoms with Gasteiger partial charge in [0, 0.05) is 18.6 Å². The van der Waals surface area contributed by atoms with Gasteiger partial charge in [0.2, 0.25) is 5.91 Å². The first-order valence-electron chi connectivity index (χ1n) is 8.16. The first-order valence-corrected chi connectivity index (χ1v) is 9.15. The van der Waals surface area contributed by atoms with Crippen LogP contribution in [0.2, 0.25) is 0 Å². The van der Waals surface area contributed by atoms with Crippen molar-refractivity contribution in [2.45, 2.75) is 59.6 Å². The molecule has 0 aliphatic heterocycles. The second kappa shape index (κ2) is 10.4. The number of carbonyl (C=O) groups is 4. The van der Waals surface area contributed by atoms with Crippen LogP contribution in [-0.4, -0.2) is 58.9 Å². The molecule has 0 aromatic heterocycles. The molecule has 0 saturated heterocycles. The Morgan fingerprint density at radius 2 is 1.72 bits per heavy atom. The van der Waals surface area contributed by atoms with E-state index in [9.17, 15) is 19.2 Å². The molecule has 0 rings (SSSR count). The highest BCUT2D eigenvalue weighted by molar-refractivity contribution is 8.13. The maximum atomic E-state index is 12.8. The second-order valence-electron chi connectivity index (χ2n) is 6.70. The fourth-order valence-corrected chi connectivity index (χ4v) is 2.73. The molecule has 0 heterocycles. The summed E-state index contributed by atoms with van der Waals surface area (Å²) in [5, 5.41) is -0.0987. The van der Waals surface area contributed by atoms with Crippen LogP contribution in [0.4, 0.5) is 0 Å². The molecule has 0 aliphatic rings. The van der Waals surface area contributed by atoms with Gasteiger partial charge in [0.1, 0.15) is 18.2 Å². The van der Waals surface area contributed by atoms with Crippen molar-refractivity contribution in [2.75, 3.05) is 19.4 Å². The van der Waals surface area contributed by atoms with Gasteiger partial charge in [-0.2, -0.15) is 0 Å². The van der Waals surface area contributed by atoms with Crippen LogP contribution in [0.25, 0.3) is 0 Å². The number of amides is 1. The van der Waals surface area contributed by atoms with Crippen LogP contribution in [0.3, 0.4) is 0 Å². The van der Waals surface area contributed by atoms with E-state index in [0.717, 1.165) is 11.8 Å². The Labute approximate surface area is 153 Å². The molecule has 0 aliphatic carbocycles. The lowest BCUT2D eigenvalue weighted by atomic mass is 10.1. The summed E-state index contributed by atoms with van der Waals surface area (Å²) in [4.78, 5) is 49.2. The van der Waals surface area contributed by atoms with Crippen LogP contribution >= 0.6 is 11.8 Å². The molecular weight excluding hydrogens is 346 g/mol. The molecule has 25 heavy (non-hydrogen) atoms. The monoisotopic (exact) mass is 375 g/mol. The highest BCUT2D eigenvalue weighted by atomic mass is 32.2. The van der Waals surface area contributed by atoms with Gasteiger partial charge in [-0.1, -0.05) is 25.6 Å². The molecule has 0 saturated carbocycles. The van der Waals surface area contributed by atoms with Crippen LogP contribution in [0.1, 0.15) is 48.0 Å². The predicted molar refractivity (Wildman–Crippen MR) is 96.0 cm³/mol. The van der Waals surface area contributed by atoms with Gasteiger partial charge < -0.3 is 14.4 Å². The number of rotatable bonds is 8. The SMILES string of the molecule is CC[C@H](C(=O)OC)N(CC(=O)OC(C)(C)C)C(=O)[C@H](C)CSC(C)=O. The van der Waals surface area contributed by atoms with Gasteiger partial charge in [0.15, 0.2) is 5.12 Å². The van der Waals surface area contributed by atoms with Crippen LogP contribution in [0, 0.1) is 5.92 Å². The highest BCUT2D eigenvalue weighted by Gasteiger charge is 2.34. The van der Waals surface area contributed by atoms with E-state index in [4.69, 9.17) is 9.47 Å². The van der Waals surface area contributed by atoms with Gasteiger partial charge >= 0.3 is 11.9 Å². The molecule has 0 N–H and O–H groups in total. The number of hydrogen-bond acceptors (Lipinski definition) is 7. The van der Waals surface area contributed by atoms with Crippen LogP contribution in [0.15, 0.2) is 0 Å². The van der Waals surface area contributed by atoms with Crippen molar-refractivity contribution in [3.63, 3.8) is 0 Å². The van der Waals surface area contributed by atoms with E-state index >= 15 is 0 Å². The Balaban J connectivity index is 5.36. The van der Waals surface area contributed by atoms with E-state index < -0.39 is 35.4 Å². The van der Waals surface area contributed by atoms with E-state index in [0.29, 0.717) is 6.42 Å². The number of nitrogens with zero attached hydrogens (tertiary/aromatic N) is 1. The molecule has 2 atom stereocenters. The normalized spacial score (nSPS) is 13.6. The van der Waals surface area contributed by atoms with Gasteiger partial charge in [-0.05, 0) is 27.2 Å². The standard InChI is InChI=1S/C17H29NO6S/c1-8-13(16(22)23-7)18(9-14(20)24-17(4,5)6)15(21)11(2)10-25-12(3)19/h11,13H,8-10H2,1-7H3/t11-,13-/m1/s1. The van der Waals surface area contributed by atoms with Crippen LogP contribution in [0.5, 0.6) is 0 Å². The van der Waals surface area contributed by atoms with Gasteiger partial charge in [0.25, 0.3) is 0 Å². The summed E-state index contributed by atoms with van der Waals surface area (Å²) in [6.07, 6.45) is 0.299. The summed E-state index contributed by atoms with van der Waals surface area (Å²) < 4.78 is 10.0. The fourth-order valence-electron chi connectivity index (χ4n) is 2.10. The van der Waals surface area contributed by atoms with Gasteiger partial charge in [-0.15, -0.1) is 0 Å². The summed E-state index contributed by atoms with van der Waals surface area (Å²) in [5.74, 6) is -1.84. The zero-order valence-corrected chi connectivity index (χ0v) is 16.9. The largest absolute Gasteiger partial charge is 0.467 e. The van der Waals surface area contributed by atoms with Crippen LogP contribution in [-0.2, 0) is 28.7 Å². The quantitative estimate of drug-likeness (QED) is 0.600. The number of carbonyl (C=O) groups excluding carboxylic acids is 4. The first-order chi connectivity index (χ1) is 11.4. The van der Waals surface area contributed by atoms with Crippen molar-refractivity contribution in [3.8, 4) is 0 Å². The molecule has 0 radical (unpaired) electrons. The van der Waals surface area contributed by atoms with Gasteiger partial charge in [-0.25, -0.2) is 4.79 Å². The van der Waals surface area contributed by atoms with Crippen LogP contribution < -0.4 is 0 Å². The Kier molecular flexibility index (Phi) is 9.77. The van der Waals surface area contributed by atoms with Gasteiger partial charge in [-0.3, -0.25) is 14.4 Å². The van der Waals surface area contributed by atoms with E-state index in [-0.39, 0.29) is 17.4 Å². The molecule has 144 valence electrons. The number of hydrogen-bond donors (Lipinski definition) is 0. The third-order valence-electron chi connectivity index (χ3n) is 3.20. The zero-order valence-electron chi connectivity index (χ0n) is 16.1. The van der Waals surface area contributed by atoms with Crippen molar-refractivity contribution in [1.29, 1.82) is 0 Å². The minimum absolute atomic E-state index is 0.0987. The minimum Gasteiger partial charge on any atom is -0.467 e. The van der Waals surface area contributed by atoms with Crippen molar-refractivity contribution in [1.82, 2.24) is 4.90 Å². The van der Waals surface area contributed by atoms with Crippen molar-refractivity contribution in [3.05, 3.63) is 0 Å². The predicted octanol–water partition coefficient (Wildman–Crippen LogP) is 2.02. The summed E-state index contributed by atoms with van der Waals surface area (Å²) in [6.45, 7) is 9.63. The lowest BCUT2D eigenvalue weighted by Crippen LogP contribution is -2.50. The van der Waals surface area contributed by atoms with Gasteiger partial charge in [0.05, 0.1) is 7.11 Å². The van der Waals surface area contributed by atoms with Crippen molar-refractivity contribution >= 4 is 34.7 Å². The third-order valence-corrected chi connectivity index (χ3v) is 4.27. The molecule has 7 nitrogen and oxygen atoms in total. The minimum atomic E-state index is -0.880. The average molecular weight is 375 g/mol. The number of methoxy groups -OCH3 is 1. The fraction of sp³-hybridized carbons (Fsp3) is 0.765.